The van der Waals surface area contributed by atoms with E-state index in [1.807, 2.05) is 0 Å². The van der Waals surface area contributed by atoms with E-state index in [9.17, 15) is 14.0 Å². The monoisotopic (exact) mass is 237 g/mol. The van der Waals surface area contributed by atoms with Gasteiger partial charge in [-0.15, -0.1) is 0 Å². The van der Waals surface area contributed by atoms with Crippen LogP contribution < -0.4 is 0 Å². The van der Waals surface area contributed by atoms with Gasteiger partial charge < -0.3 is 10.0 Å². The van der Waals surface area contributed by atoms with Gasteiger partial charge in [0.05, 0.1) is 0 Å². The van der Waals surface area contributed by atoms with Gasteiger partial charge in [0.1, 0.15) is 11.9 Å². The van der Waals surface area contributed by atoms with Crippen LogP contribution in [0.1, 0.15) is 18.4 Å². The van der Waals surface area contributed by atoms with Crippen LogP contribution in [0.4, 0.5) is 4.39 Å². The molecule has 0 radical (unpaired) electrons. The summed E-state index contributed by atoms with van der Waals surface area (Å²) in [6.45, 7) is 0.218. The molecule has 0 spiro atoms. The molecule has 0 aliphatic carbocycles. The molecule has 1 heterocycles. The number of carbonyl (C=O) groups excluding carboxylic acids is 1. The zero-order chi connectivity index (χ0) is 12.4. The zero-order valence-electron chi connectivity index (χ0n) is 9.10. The summed E-state index contributed by atoms with van der Waals surface area (Å²) in [6.07, 6.45) is 0.605. The Morgan fingerprint density at radius 2 is 2.06 bits per heavy atom. The van der Waals surface area contributed by atoms with Crippen LogP contribution in [0.15, 0.2) is 24.3 Å². The Kier molecular flexibility index (Phi) is 3.08. The summed E-state index contributed by atoms with van der Waals surface area (Å²) in [7, 11) is 0. The maximum absolute atomic E-state index is 12.7. The van der Waals surface area contributed by atoms with Crippen LogP contribution in [0.25, 0.3) is 0 Å². The highest BCUT2D eigenvalue weighted by Crippen LogP contribution is 2.21. The lowest BCUT2D eigenvalue weighted by Gasteiger charge is -2.21. The Balaban J connectivity index is 2.13. The molecule has 90 valence electrons. The minimum atomic E-state index is -0.988. The van der Waals surface area contributed by atoms with Crippen LogP contribution in [0.3, 0.4) is 0 Å². The number of benzene rings is 1. The Bertz CT molecular complexity index is 444. The molecular weight excluding hydrogens is 225 g/mol. The summed E-state index contributed by atoms with van der Waals surface area (Å²) in [4.78, 5) is 23.8. The van der Waals surface area contributed by atoms with Crippen molar-refractivity contribution in [1.29, 1.82) is 0 Å². The maximum atomic E-state index is 12.7. The molecule has 1 aliphatic rings. The van der Waals surface area contributed by atoms with Gasteiger partial charge in [0.2, 0.25) is 5.91 Å². The fourth-order valence-corrected chi connectivity index (χ4v) is 1.98. The lowest BCUT2D eigenvalue weighted by atomic mass is 10.2. The number of carboxylic acid groups (broad SMARTS) is 1. The van der Waals surface area contributed by atoms with E-state index >= 15 is 0 Å². The number of aliphatic carboxylic acids is 1. The number of nitrogens with zero attached hydrogens (tertiary/aromatic N) is 1. The maximum Gasteiger partial charge on any atom is 0.326 e. The van der Waals surface area contributed by atoms with E-state index < -0.39 is 12.0 Å². The first kappa shape index (κ1) is 11.6. The van der Waals surface area contributed by atoms with E-state index in [0.29, 0.717) is 6.42 Å². The van der Waals surface area contributed by atoms with E-state index in [4.69, 9.17) is 5.11 Å². The van der Waals surface area contributed by atoms with Crippen molar-refractivity contribution in [2.75, 3.05) is 0 Å². The van der Waals surface area contributed by atoms with Crippen molar-refractivity contribution in [3.8, 4) is 0 Å². The number of carbonyl (C=O) groups is 2. The third-order valence-electron chi connectivity index (χ3n) is 2.88. The number of carboxylic acids is 1. The van der Waals surface area contributed by atoms with Gasteiger partial charge in [-0.05, 0) is 24.1 Å². The molecule has 1 atom stereocenters. The summed E-state index contributed by atoms with van der Waals surface area (Å²) in [5, 5.41) is 8.97. The molecule has 1 N–H and O–H groups in total. The third kappa shape index (κ3) is 2.43. The molecule has 1 aliphatic heterocycles. The van der Waals surface area contributed by atoms with Gasteiger partial charge in [-0.25, -0.2) is 9.18 Å². The van der Waals surface area contributed by atoms with Gasteiger partial charge in [-0.1, -0.05) is 12.1 Å². The van der Waals surface area contributed by atoms with Crippen molar-refractivity contribution in [3.05, 3.63) is 35.6 Å². The highest BCUT2D eigenvalue weighted by atomic mass is 19.1. The number of hydrogen-bond acceptors (Lipinski definition) is 2. The number of halogens is 1. The second-order valence-corrected chi connectivity index (χ2v) is 4.04. The summed E-state index contributed by atoms with van der Waals surface area (Å²) < 4.78 is 12.7. The average Bonchev–Trinajstić information content (AvgIpc) is 2.64. The van der Waals surface area contributed by atoms with E-state index in [0.717, 1.165) is 5.56 Å². The summed E-state index contributed by atoms with van der Waals surface area (Å²) in [5.74, 6) is -1.50. The molecule has 1 saturated heterocycles. The number of amides is 1. The minimum absolute atomic E-state index is 0.165. The Morgan fingerprint density at radius 3 is 2.65 bits per heavy atom. The SMILES string of the molecule is O=C(O)[C@H]1CCC(=O)N1Cc1ccc(F)cc1. The predicted octanol–water partition coefficient (Wildman–Crippen LogP) is 1.40. The Hall–Kier alpha value is -1.91. The fraction of sp³-hybridized carbons (Fsp3) is 0.333. The summed E-state index contributed by atoms with van der Waals surface area (Å²) in [5.41, 5.74) is 0.730. The van der Waals surface area contributed by atoms with Crippen LogP contribution in [0, 0.1) is 5.82 Å². The number of rotatable bonds is 3. The molecule has 1 fully saturated rings. The van der Waals surface area contributed by atoms with Crippen LogP contribution in [0.5, 0.6) is 0 Å². The first-order valence-corrected chi connectivity index (χ1v) is 5.34. The topological polar surface area (TPSA) is 57.6 Å². The predicted molar refractivity (Wildman–Crippen MR) is 57.6 cm³/mol. The molecule has 0 saturated carbocycles. The van der Waals surface area contributed by atoms with E-state index in [-0.39, 0.29) is 24.7 Å². The van der Waals surface area contributed by atoms with Gasteiger partial charge in [0, 0.05) is 13.0 Å². The van der Waals surface area contributed by atoms with E-state index in [1.54, 1.807) is 12.1 Å². The third-order valence-corrected chi connectivity index (χ3v) is 2.88. The molecule has 2 rings (SSSR count). The largest absolute Gasteiger partial charge is 0.480 e. The van der Waals surface area contributed by atoms with Crippen molar-refractivity contribution in [1.82, 2.24) is 4.90 Å². The number of likely N-dealkylation sites (tertiary alicyclic amines) is 1. The highest BCUT2D eigenvalue weighted by molar-refractivity contribution is 5.87. The highest BCUT2D eigenvalue weighted by Gasteiger charge is 2.35. The molecule has 17 heavy (non-hydrogen) atoms. The van der Waals surface area contributed by atoms with Crippen molar-refractivity contribution in [2.24, 2.45) is 0 Å². The first-order chi connectivity index (χ1) is 8.08. The van der Waals surface area contributed by atoms with Gasteiger partial charge in [-0.2, -0.15) is 0 Å². The molecule has 4 nitrogen and oxygen atoms in total. The van der Waals surface area contributed by atoms with Crippen LogP contribution in [-0.4, -0.2) is 27.9 Å². The molecule has 0 bridgehead atoms. The van der Waals surface area contributed by atoms with Gasteiger partial charge in [-0.3, -0.25) is 4.79 Å². The standard InChI is InChI=1S/C12H12FNO3/c13-9-3-1-8(2-4-9)7-14-10(12(16)17)5-6-11(14)15/h1-4,10H,5-7H2,(H,16,17)/t10-/m1/s1. The normalized spacial score (nSPS) is 19.7. The number of hydrogen-bond donors (Lipinski definition) is 1. The zero-order valence-corrected chi connectivity index (χ0v) is 9.10. The molecule has 1 aromatic carbocycles. The van der Waals surface area contributed by atoms with Crippen molar-refractivity contribution >= 4 is 11.9 Å². The lowest BCUT2D eigenvalue weighted by Crippen LogP contribution is -2.37. The summed E-state index contributed by atoms with van der Waals surface area (Å²) >= 11 is 0. The molecule has 0 unspecified atom stereocenters. The van der Waals surface area contributed by atoms with Gasteiger partial charge in [0.15, 0.2) is 0 Å². The molecular formula is C12H12FNO3. The molecule has 0 aromatic heterocycles. The molecule has 1 aromatic rings. The van der Waals surface area contributed by atoms with E-state index in [2.05, 4.69) is 0 Å². The second-order valence-electron chi connectivity index (χ2n) is 4.04. The van der Waals surface area contributed by atoms with Crippen molar-refractivity contribution < 1.29 is 19.1 Å². The van der Waals surface area contributed by atoms with Crippen LogP contribution >= 0.6 is 0 Å². The summed E-state index contributed by atoms with van der Waals surface area (Å²) in [6, 6.07) is 4.95. The van der Waals surface area contributed by atoms with Crippen LogP contribution in [0.2, 0.25) is 0 Å². The van der Waals surface area contributed by atoms with Crippen molar-refractivity contribution in [2.45, 2.75) is 25.4 Å². The molecule has 5 heteroatoms. The quantitative estimate of drug-likeness (QED) is 0.864. The fourth-order valence-electron chi connectivity index (χ4n) is 1.98. The second kappa shape index (κ2) is 4.53. The minimum Gasteiger partial charge on any atom is -0.480 e. The first-order valence-electron chi connectivity index (χ1n) is 5.34. The van der Waals surface area contributed by atoms with E-state index in [1.165, 1.54) is 17.0 Å². The average molecular weight is 237 g/mol. The smallest absolute Gasteiger partial charge is 0.326 e. The lowest BCUT2D eigenvalue weighted by molar-refractivity contribution is -0.146. The van der Waals surface area contributed by atoms with Gasteiger partial charge >= 0.3 is 5.97 Å². The Labute approximate surface area is 97.7 Å². The van der Waals surface area contributed by atoms with Crippen LogP contribution in [-0.2, 0) is 16.1 Å². The van der Waals surface area contributed by atoms with Crippen molar-refractivity contribution in [3.63, 3.8) is 0 Å². The Morgan fingerprint density at radius 1 is 1.41 bits per heavy atom. The molecule has 1 amide bonds. The van der Waals surface area contributed by atoms with Gasteiger partial charge in [0.25, 0.3) is 0 Å².